The minimum Gasteiger partial charge on any atom is -0.494 e. The first kappa shape index (κ1) is 7.12. The van der Waals surface area contributed by atoms with Crippen LogP contribution in [0.1, 0.15) is 6.42 Å². The van der Waals surface area contributed by atoms with E-state index in [0.717, 1.165) is 0 Å². The number of allylic oxidation sites excluding steroid dienone is 3. The van der Waals surface area contributed by atoms with Gasteiger partial charge in [-0.05, 0) is 12.5 Å². The second kappa shape index (κ2) is 2.73. The van der Waals surface area contributed by atoms with Gasteiger partial charge in [-0.1, -0.05) is 0 Å². The second-order valence-electron chi connectivity index (χ2n) is 1.98. The number of halogens is 1. The molecule has 2 nitrogen and oxygen atoms in total. The third kappa shape index (κ3) is 1.12. The molecule has 3 heteroatoms. The van der Waals surface area contributed by atoms with E-state index in [4.69, 9.17) is 10.5 Å². The molecule has 0 unspecified atom stereocenters. The molecule has 0 saturated carbocycles. The molecule has 0 spiro atoms. The molecule has 0 fully saturated rings. The van der Waals surface area contributed by atoms with Crippen LogP contribution in [-0.4, -0.2) is 7.11 Å². The summed E-state index contributed by atoms with van der Waals surface area (Å²) in [7, 11) is 1.42. The molecule has 0 saturated heterocycles. The van der Waals surface area contributed by atoms with Crippen molar-refractivity contribution in [2.75, 3.05) is 7.11 Å². The van der Waals surface area contributed by atoms with E-state index in [9.17, 15) is 4.39 Å². The molecule has 1 rings (SSSR count). The van der Waals surface area contributed by atoms with Crippen molar-refractivity contribution in [1.82, 2.24) is 0 Å². The Hall–Kier alpha value is -0.990. The molecule has 1 radical (unpaired) electrons. The summed E-state index contributed by atoms with van der Waals surface area (Å²) >= 11 is 0. The number of ether oxygens (including phenoxy) is 1. The molecule has 0 aromatic carbocycles. The zero-order valence-electron chi connectivity index (χ0n) is 5.73. The Balaban J connectivity index is 2.83. The zero-order chi connectivity index (χ0) is 7.56. The molecule has 0 aromatic heterocycles. The first-order valence-corrected chi connectivity index (χ1v) is 2.98. The van der Waals surface area contributed by atoms with E-state index in [1.165, 1.54) is 7.11 Å². The zero-order valence-corrected chi connectivity index (χ0v) is 5.73. The standard InChI is InChI=1S/C7H9FNO/c1-10-6-4-2-3-5(9)7(6)8/h3-4H,2,9H2,1H3. The maximum atomic E-state index is 12.8. The van der Waals surface area contributed by atoms with E-state index < -0.39 is 5.83 Å². The van der Waals surface area contributed by atoms with Crippen LogP contribution in [0.2, 0.25) is 0 Å². The summed E-state index contributed by atoms with van der Waals surface area (Å²) in [6.45, 7) is 0. The summed E-state index contributed by atoms with van der Waals surface area (Å²) < 4.78 is 17.5. The molecular weight excluding hydrogens is 133 g/mol. The summed E-state index contributed by atoms with van der Waals surface area (Å²) in [4.78, 5) is 0. The lowest BCUT2D eigenvalue weighted by Crippen LogP contribution is -2.07. The Bertz CT molecular complexity index is 196. The lowest BCUT2D eigenvalue weighted by atomic mass is 10.1. The maximum Gasteiger partial charge on any atom is 0.183 e. The van der Waals surface area contributed by atoms with Crippen molar-refractivity contribution in [2.24, 2.45) is 5.73 Å². The van der Waals surface area contributed by atoms with Crippen LogP contribution in [0.5, 0.6) is 0 Å². The average Bonchev–Trinajstić information content (AvgIpc) is 1.95. The minimum absolute atomic E-state index is 0.166. The predicted octanol–water partition coefficient (Wildman–Crippen LogP) is 1.26. The average molecular weight is 142 g/mol. The molecule has 0 aromatic rings. The van der Waals surface area contributed by atoms with Crippen molar-refractivity contribution in [1.29, 1.82) is 0 Å². The molecule has 10 heavy (non-hydrogen) atoms. The van der Waals surface area contributed by atoms with Gasteiger partial charge in [-0.2, -0.15) is 0 Å². The highest BCUT2D eigenvalue weighted by Gasteiger charge is 2.13. The Morgan fingerprint density at radius 2 is 2.40 bits per heavy atom. The highest BCUT2D eigenvalue weighted by molar-refractivity contribution is 5.33. The van der Waals surface area contributed by atoms with Crippen LogP contribution >= 0.6 is 0 Å². The van der Waals surface area contributed by atoms with Crippen LogP contribution in [-0.2, 0) is 4.74 Å². The van der Waals surface area contributed by atoms with Crippen molar-refractivity contribution in [3.8, 4) is 0 Å². The molecule has 1 aliphatic carbocycles. The van der Waals surface area contributed by atoms with Gasteiger partial charge in [0.15, 0.2) is 11.6 Å². The molecule has 0 bridgehead atoms. The third-order valence-electron chi connectivity index (χ3n) is 1.33. The number of rotatable bonds is 1. The topological polar surface area (TPSA) is 35.2 Å². The van der Waals surface area contributed by atoms with Gasteiger partial charge < -0.3 is 10.5 Å². The SMILES string of the molecule is COC1=CC[CH]C(N)=C1F. The van der Waals surface area contributed by atoms with Crippen LogP contribution in [0.25, 0.3) is 0 Å². The van der Waals surface area contributed by atoms with Gasteiger partial charge in [0.1, 0.15) is 0 Å². The molecule has 1 aliphatic rings. The van der Waals surface area contributed by atoms with Gasteiger partial charge in [-0.3, -0.25) is 0 Å². The quantitative estimate of drug-likeness (QED) is 0.598. The number of hydrogen-bond donors (Lipinski definition) is 1. The lowest BCUT2D eigenvalue weighted by molar-refractivity contribution is 0.279. The lowest BCUT2D eigenvalue weighted by Gasteiger charge is -2.10. The van der Waals surface area contributed by atoms with Crippen LogP contribution in [0.15, 0.2) is 23.4 Å². The van der Waals surface area contributed by atoms with Crippen LogP contribution in [0.4, 0.5) is 4.39 Å². The van der Waals surface area contributed by atoms with Crippen LogP contribution in [0, 0.1) is 6.42 Å². The highest BCUT2D eigenvalue weighted by atomic mass is 19.1. The monoisotopic (exact) mass is 142 g/mol. The third-order valence-corrected chi connectivity index (χ3v) is 1.33. The van der Waals surface area contributed by atoms with Gasteiger partial charge in [0.2, 0.25) is 0 Å². The fourth-order valence-corrected chi connectivity index (χ4v) is 0.787. The molecule has 0 atom stereocenters. The molecule has 0 aliphatic heterocycles. The first-order valence-electron chi connectivity index (χ1n) is 2.98. The molecule has 0 amide bonds. The Morgan fingerprint density at radius 1 is 1.70 bits per heavy atom. The van der Waals surface area contributed by atoms with Gasteiger partial charge in [0.05, 0.1) is 12.8 Å². The minimum atomic E-state index is -0.464. The smallest absolute Gasteiger partial charge is 0.183 e. The van der Waals surface area contributed by atoms with Gasteiger partial charge in [-0.25, -0.2) is 4.39 Å². The summed E-state index contributed by atoms with van der Waals surface area (Å²) in [6, 6.07) is 0. The fraction of sp³-hybridized carbons (Fsp3) is 0.286. The van der Waals surface area contributed by atoms with E-state index >= 15 is 0 Å². The number of nitrogens with two attached hydrogens (primary N) is 1. The number of hydrogen-bond acceptors (Lipinski definition) is 2. The summed E-state index contributed by atoms with van der Waals surface area (Å²) in [5.41, 5.74) is 5.44. The summed E-state index contributed by atoms with van der Waals surface area (Å²) in [5.74, 6) is -0.228. The van der Waals surface area contributed by atoms with E-state index in [1.54, 1.807) is 12.5 Å². The largest absolute Gasteiger partial charge is 0.494 e. The molecule has 55 valence electrons. The van der Waals surface area contributed by atoms with Gasteiger partial charge >= 0.3 is 0 Å². The molecule has 2 N–H and O–H groups in total. The van der Waals surface area contributed by atoms with E-state index in [2.05, 4.69) is 0 Å². The molecule has 0 heterocycles. The van der Waals surface area contributed by atoms with Gasteiger partial charge in [-0.15, -0.1) is 0 Å². The van der Waals surface area contributed by atoms with Crippen molar-refractivity contribution >= 4 is 0 Å². The Kier molecular flexibility index (Phi) is 1.94. The second-order valence-corrected chi connectivity index (χ2v) is 1.98. The summed E-state index contributed by atoms with van der Waals surface area (Å²) in [5, 5.41) is 0. The van der Waals surface area contributed by atoms with Crippen molar-refractivity contribution in [3.63, 3.8) is 0 Å². The highest BCUT2D eigenvalue weighted by Crippen LogP contribution is 2.22. The van der Waals surface area contributed by atoms with Crippen LogP contribution < -0.4 is 5.73 Å². The van der Waals surface area contributed by atoms with E-state index in [0.29, 0.717) is 6.42 Å². The van der Waals surface area contributed by atoms with E-state index in [-0.39, 0.29) is 11.5 Å². The van der Waals surface area contributed by atoms with Gasteiger partial charge in [0.25, 0.3) is 0 Å². The van der Waals surface area contributed by atoms with Gasteiger partial charge in [0, 0.05) is 6.42 Å². The van der Waals surface area contributed by atoms with Crippen molar-refractivity contribution < 1.29 is 9.13 Å². The van der Waals surface area contributed by atoms with Crippen LogP contribution in [0.3, 0.4) is 0 Å². The Labute approximate surface area is 59.2 Å². The van der Waals surface area contributed by atoms with E-state index in [1.807, 2.05) is 0 Å². The maximum absolute atomic E-state index is 12.8. The predicted molar refractivity (Wildman–Crippen MR) is 36.3 cm³/mol. The van der Waals surface area contributed by atoms with Crippen molar-refractivity contribution in [2.45, 2.75) is 6.42 Å². The summed E-state index contributed by atoms with van der Waals surface area (Å²) in [6.07, 6.45) is 3.89. The fourth-order valence-electron chi connectivity index (χ4n) is 0.787. The molecular formula is C7H9FNO. The Morgan fingerprint density at radius 3 is 2.90 bits per heavy atom. The van der Waals surface area contributed by atoms with Crippen molar-refractivity contribution in [3.05, 3.63) is 29.8 Å². The first-order chi connectivity index (χ1) is 4.75. The normalized spacial score (nSPS) is 18.8. The number of methoxy groups -OCH3 is 1.